The highest BCUT2D eigenvalue weighted by molar-refractivity contribution is 5.20. The van der Waals surface area contributed by atoms with E-state index in [0.29, 0.717) is 0 Å². The van der Waals surface area contributed by atoms with Crippen molar-refractivity contribution in [3.8, 4) is 0 Å². The minimum atomic E-state index is 0.748. The molecule has 1 aromatic rings. The first-order valence-corrected chi connectivity index (χ1v) is 10.9. The molecule has 3 aliphatic rings. The molecule has 4 atom stereocenters. The standard InChI is InChI=1S/C23H36N2O/c1-19-21(16-23(19)18-25-12-14-26-15-13-25)9-11-24-10-5-8-22(17-24)20-6-3-2-4-7-20/h2-4,6-7,19,21-23H,5,8-18H2,1H3/t19-,21-,22?,23-/m0/s1. The van der Waals surface area contributed by atoms with Gasteiger partial charge in [-0.3, -0.25) is 4.90 Å². The third kappa shape index (κ3) is 4.49. The monoisotopic (exact) mass is 356 g/mol. The molecule has 3 heteroatoms. The van der Waals surface area contributed by atoms with Gasteiger partial charge in [-0.25, -0.2) is 0 Å². The van der Waals surface area contributed by atoms with Gasteiger partial charge in [0, 0.05) is 26.2 Å². The number of piperidine rings is 1. The molecule has 1 saturated carbocycles. The SMILES string of the molecule is C[C@H]1[C@@H](CCN2CCCC(c3ccccc3)C2)C[C@H]1CN1CCOCC1. The van der Waals surface area contributed by atoms with Crippen molar-refractivity contribution >= 4 is 0 Å². The molecule has 4 rings (SSSR count). The van der Waals surface area contributed by atoms with E-state index in [2.05, 4.69) is 47.1 Å². The summed E-state index contributed by atoms with van der Waals surface area (Å²) in [5, 5.41) is 0. The van der Waals surface area contributed by atoms with E-state index in [-0.39, 0.29) is 0 Å². The molecule has 2 saturated heterocycles. The number of hydrogen-bond acceptors (Lipinski definition) is 3. The van der Waals surface area contributed by atoms with Crippen molar-refractivity contribution in [2.24, 2.45) is 17.8 Å². The van der Waals surface area contributed by atoms with Crippen molar-refractivity contribution in [3.05, 3.63) is 35.9 Å². The molecule has 1 aliphatic carbocycles. The second kappa shape index (κ2) is 8.86. The molecule has 0 bridgehead atoms. The van der Waals surface area contributed by atoms with E-state index in [1.807, 2.05) is 0 Å². The quantitative estimate of drug-likeness (QED) is 0.770. The van der Waals surface area contributed by atoms with Crippen molar-refractivity contribution < 1.29 is 4.74 Å². The molecule has 0 amide bonds. The molecule has 0 aromatic heterocycles. The zero-order valence-corrected chi connectivity index (χ0v) is 16.5. The van der Waals surface area contributed by atoms with Crippen LogP contribution in [0.5, 0.6) is 0 Å². The minimum absolute atomic E-state index is 0.748. The van der Waals surface area contributed by atoms with Crippen molar-refractivity contribution in [2.75, 3.05) is 52.5 Å². The lowest BCUT2D eigenvalue weighted by molar-refractivity contribution is -0.00809. The van der Waals surface area contributed by atoms with E-state index < -0.39 is 0 Å². The normalized spacial score (nSPS) is 33.7. The van der Waals surface area contributed by atoms with Gasteiger partial charge in [0.15, 0.2) is 0 Å². The molecule has 3 fully saturated rings. The van der Waals surface area contributed by atoms with Crippen molar-refractivity contribution in [1.82, 2.24) is 9.80 Å². The van der Waals surface area contributed by atoms with Gasteiger partial charge in [-0.2, -0.15) is 0 Å². The zero-order chi connectivity index (χ0) is 17.8. The molecule has 0 spiro atoms. The molecular weight excluding hydrogens is 320 g/mol. The maximum Gasteiger partial charge on any atom is 0.0594 e. The van der Waals surface area contributed by atoms with E-state index in [9.17, 15) is 0 Å². The van der Waals surface area contributed by atoms with Crippen LogP contribution in [0.4, 0.5) is 0 Å². The fourth-order valence-corrected chi connectivity index (χ4v) is 5.35. The van der Waals surface area contributed by atoms with E-state index >= 15 is 0 Å². The lowest BCUT2D eigenvalue weighted by atomic mass is 9.64. The Hall–Kier alpha value is -0.900. The fraction of sp³-hybridized carbons (Fsp3) is 0.739. The van der Waals surface area contributed by atoms with Crippen LogP contribution in [-0.2, 0) is 4.74 Å². The predicted molar refractivity (Wildman–Crippen MR) is 107 cm³/mol. The first-order chi connectivity index (χ1) is 12.8. The van der Waals surface area contributed by atoms with Crippen LogP contribution >= 0.6 is 0 Å². The number of nitrogens with zero attached hydrogens (tertiary/aromatic N) is 2. The summed E-state index contributed by atoms with van der Waals surface area (Å²) in [5.41, 5.74) is 1.54. The number of ether oxygens (including phenoxy) is 1. The van der Waals surface area contributed by atoms with Gasteiger partial charge in [-0.15, -0.1) is 0 Å². The molecule has 1 unspecified atom stereocenters. The Balaban J connectivity index is 1.19. The molecule has 26 heavy (non-hydrogen) atoms. The molecular formula is C23H36N2O. The number of likely N-dealkylation sites (tertiary alicyclic amines) is 1. The summed E-state index contributed by atoms with van der Waals surface area (Å²) in [7, 11) is 0. The molecule has 2 aliphatic heterocycles. The van der Waals surface area contributed by atoms with Crippen LogP contribution in [0, 0.1) is 17.8 Å². The maximum absolute atomic E-state index is 5.48. The smallest absolute Gasteiger partial charge is 0.0594 e. The minimum Gasteiger partial charge on any atom is -0.379 e. The third-order valence-electron chi connectivity index (χ3n) is 7.28. The van der Waals surface area contributed by atoms with Crippen LogP contribution in [0.3, 0.4) is 0 Å². The van der Waals surface area contributed by atoms with Gasteiger partial charge in [-0.1, -0.05) is 37.3 Å². The Morgan fingerprint density at radius 3 is 2.58 bits per heavy atom. The summed E-state index contributed by atoms with van der Waals surface area (Å²) < 4.78 is 5.48. The van der Waals surface area contributed by atoms with Crippen molar-refractivity contribution in [2.45, 2.75) is 38.5 Å². The maximum atomic E-state index is 5.48. The van der Waals surface area contributed by atoms with Crippen LogP contribution < -0.4 is 0 Å². The van der Waals surface area contributed by atoms with Crippen LogP contribution in [0.15, 0.2) is 30.3 Å². The predicted octanol–water partition coefficient (Wildman–Crippen LogP) is 3.86. The Bertz CT molecular complexity index is 542. The van der Waals surface area contributed by atoms with Gasteiger partial charge in [0.2, 0.25) is 0 Å². The lowest BCUT2D eigenvalue weighted by Gasteiger charge is -2.46. The van der Waals surface area contributed by atoms with Crippen LogP contribution in [-0.4, -0.2) is 62.3 Å². The van der Waals surface area contributed by atoms with Gasteiger partial charge in [0.05, 0.1) is 13.2 Å². The number of rotatable bonds is 6. The number of benzene rings is 1. The van der Waals surface area contributed by atoms with E-state index in [1.54, 1.807) is 5.56 Å². The summed E-state index contributed by atoms with van der Waals surface area (Å²) in [6, 6.07) is 11.2. The highest BCUT2D eigenvalue weighted by Gasteiger charge is 2.38. The molecule has 0 radical (unpaired) electrons. The Morgan fingerprint density at radius 2 is 1.81 bits per heavy atom. The highest BCUT2D eigenvalue weighted by Crippen LogP contribution is 2.43. The molecule has 3 nitrogen and oxygen atoms in total. The Kier molecular flexibility index (Phi) is 6.29. The topological polar surface area (TPSA) is 15.7 Å². The van der Waals surface area contributed by atoms with Crippen LogP contribution in [0.1, 0.15) is 44.1 Å². The summed E-state index contributed by atoms with van der Waals surface area (Å²) in [4.78, 5) is 5.36. The largest absolute Gasteiger partial charge is 0.379 e. The van der Waals surface area contributed by atoms with Crippen molar-refractivity contribution in [1.29, 1.82) is 0 Å². The summed E-state index contributed by atoms with van der Waals surface area (Å²) in [6.07, 6.45) is 5.58. The van der Waals surface area contributed by atoms with E-state index in [4.69, 9.17) is 4.74 Å². The van der Waals surface area contributed by atoms with E-state index in [0.717, 1.165) is 50.0 Å². The van der Waals surface area contributed by atoms with E-state index in [1.165, 1.54) is 51.9 Å². The van der Waals surface area contributed by atoms with Gasteiger partial charge in [-0.05, 0) is 68.0 Å². The fourth-order valence-electron chi connectivity index (χ4n) is 5.35. The summed E-state index contributed by atoms with van der Waals surface area (Å²) in [6.45, 7) is 11.8. The molecule has 0 N–H and O–H groups in total. The molecule has 1 aromatic carbocycles. The second-order valence-electron chi connectivity index (χ2n) is 8.87. The first kappa shape index (κ1) is 18.5. The molecule has 2 heterocycles. The Labute approximate surface area is 159 Å². The van der Waals surface area contributed by atoms with Crippen molar-refractivity contribution in [3.63, 3.8) is 0 Å². The number of morpholine rings is 1. The van der Waals surface area contributed by atoms with Crippen LogP contribution in [0.25, 0.3) is 0 Å². The molecule has 144 valence electrons. The average molecular weight is 357 g/mol. The summed E-state index contributed by atoms with van der Waals surface area (Å²) >= 11 is 0. The zero-order valence-electron chi connectivity index (χ0n) is 16.5. The highest BCUT2D eigenvalue weighted by atomic mass is 16.5. The Morgan fingerprint density at radius 1 is 1.00 bits per heavy atom. The van der Waals surface area contributed by atoms with Gasteiger partial charge >= 0.3 is 0 Å². The first-order valence-electron chi connectivity index (χ1n) is 10.9. The third-order valence-corrected chi connectivity index (χ3v) is 7.28. The van der Waals surface area contributed by atoms with Gasteiger partial charge < -0.3 is 9.64 Å². The van der Waals surface area contributed by atoms with Gasteiger partial charge in [0.25, 0.3) is 0 Å². The van der Waals surface area contributed by atoms with Crippen LogP contribution in [0.2, 0.25) is 0 Å². The number of hydrogen-bond donors (Lipinski definition) is 0. The second-order valence-corrected chi connectivity index (χ2v) is 8.87. The lowest BCUT2D eigenvalue weighted by Crippen LogP contribution is -2.47. The summed E-state index contributed by atoms with van der Waals surface area (Å²) in [5.74, 6) is 3.54. The van der Waals surface area contributed by atoms with Gasteiger partial charge in [0.1, 0.15) is 0 Å². The average Bonchev–Trinajstić information content (AvgIpc) is 2.71.